The van der Waals surface area contributed by atoms with Crippen LogP contribution in [-0.4, -0.2) is 21.7 Å². The van der Waals surface area contributed by atoms with E-state index in [0.29, 0.717) is 33.8 Å². The molecular weight excluding hydrogens is 505 g/mol. The molecule has 200 valence electrons. The molecule has 0 atom stereocenters. The molecule has 0 bridgehead atoms. The topological polar surface area (TPSA) is 73.2 Å². The van der Waals surface area contributed by atoms with Crippen LogP contribution in [0.4, 0.5) is 10.1 Å². The third kappa shape index (κ3) is 5.40. The highest BCUT2D eigenvalue weighted by atomic mass is 19.1. The molecule has 5 aromatic rings. The van der Waals surface area contributed by atoms with E-state index in [2.05, 4.69) is 5.32 Å². The van der Waals surface area contributed by atoms with Crippen molar-refractivity contribution in [3.8, 4) is 34.0 Å². The van der Waals surface area contributed by atoms with Crippen molar-refractivity contribution in [1.82, 2.24) is 9.78 Å². The molecule has 4 aromatic carbocycles. The Morgan fingerprint density at radius 1 is 0.850 bits per heavy atom. The first-order valence-electron chi connectivity index (χ1n) is 12.8. The molecule has 7 heteroatoms. The number of halogens is 1. The summed E-state index contributed by atoms with van der Waals surface area (Å²) in [5.74, 6) is -1.04. The first-order chi connectivity index (χ1) is 19.2. The Bertz CT molecular complexity index is 1740. The summed E-state index contributed by atoms with van der Waals surface area (Å²) in [6.45, 7) is 7.17. The molecule has 0 radical (unpaired) electrons. The summed E-state index contributed by atoms with van der Waals surface area (Å²) < 4.78 is 22.4. The van der Waals surface area contributed by atoms with Gasteiger partial charge in [-0.3, -0.25) is 9.59 Å². The van der Waals surface area contributed by atoms with E-state index in [1.54, 1.807) is 53.2 Å². The van der Waals surface area contributed by atoms with E-state index in [9.17, 15) is 9.59 Å². The third-order valence-corrected chi connectivity index (χ3v) is 6.50. The average molecular weight is 534 g/mol. The van der Waals surface area contributed by atoms with Crippen LogP contribution in [-0.2, 0) is 4.79 Å². The highest BCUT2D eigenvalue weighted by Crippen LogP contribution is 2.42. The van der Waals surface area contributed by atoms with E-state index in [1.165, 1.54) is 13.0 Å². The first kappa shape index (κ1) is 26.6. The van der Waals surface area contributed by atoms with Gasteiger partial charge in [-0.05, 0) is 74.4 Å². The van der Waals surface area contributed by atoms with E-state index in [4.69, 9.17) is 9.84 Å². The van der Waals surface area contributed by atoms with Gasteiger partial charge in [0.05, 0.1) is 11.3 Å². The van der Waals surface area contributed by atoms with Gasteiger partial charge in [0.25, 0.3) is 5.91 Å². The van der Waals surface area contributed by atoms with Crippen LogP contribution in [0.15, 0.2) is 91.0 Å². The van der Waals surface area contributed by atoms with Crippen LogP contribution in [0, 0.1) is 26.6 Å². The predicted octanol–water partition coefficient (Wildman–Crippen LogP) is 7.45. The van der Waals surface area contributed by atoms with Gasteiger partial charge in [0.15, 0.2) is 0 Å². The van der Waals surface area contributed by atoms with Crippen molar-refractivity contribution in [3.05, 3.63) is 119 Å². The van der Waals surface area contributed by atoms with Crippen molar-refractivity contribution in [3.63, 3.8) is 0 Å². The lowest BCUT2D eigenvalue weighted by atomic mass is 10.0. The number of hydrogen-bond donors (Lipinski definition) is 1. The molecule has 1 amide bonds. The third-order valence-electron chi connectivity index (χ3n) is 6.50. The number of nitrogens with zero attached hydrogens (tertiary/aromatic N) is 2. The van der Waals surface area contributed by atoms with E-state index in [-0.39, 0.29) is 17.4 Å². The largest absolute Gasteiger partial charge is 0.407 e. The van der Waals surface area contributed by atoms with Crippen LogP contribution < -0.4 is 10.1 Å². The number of carbonyl (C=O) groups excluding carboxylic acids is 2. The Kier molecular flexibility index (Phi) is 7.29. The predicted molar refractivity (Wildman–Crippen MR) is 154 cm³/mol. The van der Waals surface area contributed by atoms with Gasteiger partial charge in [0.2, 0.25) is 5.88 Å². The van der Waals surface area contributed by atoms with Gasteiger partial charge in [0, 0.05) is 23.7 Å². The molecule has 6 nitrogen and oxygen atoms in total. The van der Waals surface area contributed by atoms with Crippen molar-refractivity contribution in [2.75, 3.05) is 5.32 Å². The van der Waals surface area contributed by atoms with E-state index in [0.717, 1.165) is 16.7 Å². The minimum atomic E-state index is -0.533. The molecule has 5 rings (SSSR count). The van der Waals surface area contributed by atoms with Crippen LogP contribution in [0.5, 0.6) is 5.88 Å². The Morgan fingerprint density at radius 2 is 1.57 bits per heavy atom. The maximum absolute atomic E-state index is 15.1. The number of anilines is 1. The maximum atomic E-state index is 15.1. The van der Waals surface area contributed by atoms with Gasteiger partial charge >= 0.3 is 5.97 Å². The zero-order valence-electron chi connectivity index (χ0n) is 22.7. The SMILES string of the molecule is CC(=O)Oc1c(-c2ccc(NC(=O)c3cccc(C)c3)cc2)c(-c2ccccc2F)nn1-c1ccc(C)cc1C. The number of benzene rings is 4. The zero-order chi connectivity index (χ0) is 28.4. The fourth-order valence-corrected chi connectivity index (χ4v) is 4.65. The summed E-state index contributed by atoms with van der Waals surface area (Å²) in [7, 11) is 0. The molecule has 0 aliphatic heterocycles. The molecule has 0 saturated carbocycles. The molecule has 0 spiro atoms. The molecular formula is C33H28FN3O3. The number of esters is 1. The maximum Gasteiger partial charge on any atom is 0.309 e. The second-order valence-electron chi connectivity index (χ2n) is 9.70. The van der Waals surface area contributed by atoms with Crippen LogP contribution in [0.25, 0.3) is 28.1 Å². The Morgan fingerprint density at radius 3 is 2.25 bits per heavy atom. The standard InChI is InChI=1S/C33H28FN3O3/c1-20-8-7-9-25(19-20)32(39)35-26-15-13-24(14-16-26)30-31(27-10-5-6-11-28(27)34)36-37(33(30)40-23(4)38)29-17-12-21(2)18-22(29)3/h5-19H,1-4H3,(H,35,39). The van der Waals surface area contributed by atoms with Crippen molar-refractivity contribution in [2.45, 2.75) is 27.7 Å². The highest BCUT2D eigenvalue weighted by molar-refractivity contribution is 6.04. The van der Waals surface area contributed by atoms with E-state index in [1.807, 2.05) is 57.2 Å². The Hall–Kier alpha value is -5.04. The van der Waals surface area contributed by atoms with E-state index >= 15 is 4.39 Å². The van der Waals surface area contributed by atoms with E-state index < -0.39 is 11.8 Å². The van der Waals surface area contributed by atoms with Crippen LogP contribution >= 0.6 is 0 Å². The zero-order valence-corrected chi connectivity index (χ0v) is 22.7. The van der Waals surface area contributed by atoms with Gasteiger partial charge in [-0.15, -0.1) is 0 Å². The Labute approximate surface area is 232 Å². The summed E-state index contributed by atoms with van der Waals surface area (Å²) in [5, 5.41) is 7.68. The van der Waals surface area contributed by atoms with Crippen LogP contribution in [0.1, 0.15) is 34.0 Å². The Balaban J connectivity index is 1.64. The summed E-state index contributed by atoms with van der Waals surface area (Å²) in [6, 6.07) is 26.6. The molecule has 0 aliphatic carbocycles. The summed E-state index contributed by atoms with van der Waals surface area (Å²) in [5.41, 5.74) is 6.50. The quantitative estimate of drug-likeness (QED) is 0.230. The monoisotopic (exact) mass is 533 g/mol. The number of nitrogens with one attached hydrogen (secondary N) is 1. The summed E-state index contributed by atoms with van der Waals surface area (Å²) >= 11 is 0. The molecule has 1 aromatic heterocycles. The minimum absolute atomic E-state index is 0.175. The van der Waals surface area contributed by atoms with Crippen LogP contribution in [0.2, 0.25) is 0 Å². The number of aromatic nitrogens is 2. The lowest BCUT2D eigenvalue weighted by Crippen LogP contribution is -2.11. The van der Waals surface area contributed by atoms with Crippen LogP contribution in [0.3, 0.4) is 0 Å². The normalized spacial score (nSPS) is 10.8. The fraction of sp³-hybridized carbons (Fsp3) is 0.121. The molecule has 0 aliphatic rings. The minimum Gasteiger partial charge on any atom is -0.407 e. The lowest BCUT2D eigenvalue weighted by Gasteiger charge is -2.12. The number of ether oxygens (including phenoxy) is 1. The number of rotatable bonds is 6. The molecule has 0 saturated heterocycles. The lowest BCUT2D eigenvalue weighted by molar-refractivity contribution is -0.132. The van der Waals surface area contributed by atoms with Crippen molar-refractivity contribution in [1.29, 1.82) is 0 Å². The van der Waals surface area contributed by atoms with Crippen molar-refractivity contribution >= 4 is 17.6 Å². The smallest absolute Gasteiger partial charge is 0.309 e. The number of aryl methyl sites for hydroxylation is 3. The number of hydrogen-bond acceptors (Lipinski definition) is 4. The number of amides is 1. The fourth-order valence-electron chi connectivity index (χ4n) is 4.65. The van der Waals surface area contributed by atoms with Gasteiger partial charge in [-0.2, -0.15) is 9.78 Å². The molecule has 0 fully saturated rings. The number of carbonyl (C=O) groups is 2. The average Bonchev–Trinajstić information content (AvgIpc) is 3.27. The summed E-state index contributed by atoms with van der Waals surface area (Å²) in [4.78, 5) is 25.0. The van der Waals surface area contributed by atoms with Gasteiger partial charge in [0.1, 0.15) is 11.5 Å². The first-order valence-corrected chi connectivity index (χ1v) is 12.8. The molecule has 0 unspecified atom stereocenters. The molecule has 40 heavy (non-hydrogen) atoms. The van der Waals surface area contributed by atoms with Gasteiger partial charge in [-0.1, -0.05) is 59.7 Å². The molecule has 1 N–H and O–H groups in total. The van der Waals surface area contributed by atoms with Crippen molar-refractivity contribution < 1.29 is 18.7 Å². The summed E-state index contributed by atoms with van der Waals surface area (Å²) in [6.07, 6.45) is 0. The van der Waals surface area contributed by atoms with Crippen molar-refractivity contribution in [2.24, 2.45) is 0 Å². The second-order valence-corrected chi connectivity index (χ2v) is 9.70. The second kappa shape index (κ2) is 11.0. The van der Waals surface area contributed by atoms with Gasteiger partial charge < -0.3 is 10.1 Å². The highest BCUT2D eigenvalue weighted by Gasteiger charge is 2.26. The van der Waals surface area contributed by atoms with Gasteiger partial charge in [-0.25, -0.2) is 4.39 Å². The molecule has 1 heterocycles.